The van der Waals surface area contributed by atoms with Gasteiger partial charge in [0.05, 0.1) is 0 Å². The van der Waals surface area contributed by atoms with Crippen LogP contribution in [0.4, 0.5) is 0 Å². The summed E-state index contributed by atoms with van der Waals surface area (Å²) in [5.74, 6) is 0.479. The van der Waals surface area contributed by atoms with E-state index in [4.69, 9.17) is 0 Å². The summed E-state index contributed by atoms with van der Waals surface area (Å²) in [7, 11) is 2.12. The number of likely N-dealkylation sites (tertiary alicyclic amines) is 1. The number of aryl methyl sites for hydroxylation is 2. The Morgan fingerprint density at radius 1 is 1.35 bits per heavy atom. The number of benzene rings is 1. The molecule has 1 fully saturated rings. The van der Waals surface area contributed by atoms with Crippen molar-refractivity contribution in [3.63, 3.8) is 0 Å². The lowest BCUT2D eigenvalue weighted by atomic mass is 9.96. The Morgan fingerprint density at radius 2 is 2.10 bits per heavy atom. The van der Waals surface area contributed by atoms with Crippen molar-refractivity contribution in [2.75, 3.05) is 26.7 Å². The molecule has 0 radical (unpaired) electrons. The molecule has 3 nitrogen and oxygen atoms in total. The summed E-state index contributed by atoms with van der Waals surface area (Å²) in [6.07, 6.45) is 4.05. The zero-order valence-corrected chi connectivity index (χ0v) is 12.7. The quantitative estimate of drug-likeness (QED) is 0.836. The molecule has 0 atom stereocenters. The fourth-order valence-corrected chi connectivity index (χ4v) is 2.79. The Labute approximate surface area is 122 Å². The third-order valence-electron chi connectivity index (χ3n) is 4.11. The van der Waals surface area contributed by atoms with E-state index in [1.165, 1.54) is 11.1 Å². The molecule has 0 aromatic heterocycles. The standard InChI is InChI=1S/C17H26N2O/c1-14-5-3-6-15(13-14)7-4-10-18-17(20)16-8-11-19(2)12-9-16/h3,5-6,13,16H,4,7-12H2,1-2H3,(H,18,20). The highest BCUT2D eigenvalue weighted by atomic mass is 16.1. The number of hydrogen-bond acceptors (Lipinski definition) is 2. The summed E-state index contributed by atoms with van der Waals surface area (Å²) in [5.41, 5.74) is 2.66. The van der Waals surface area contributed by atoms with Crippen LogP contribution in [0.25, 0.3) is 0 Å². The highest BCUT2D eigenvalue weighted by Crippen LogP contribution is 2.15. The largest absolute Gasteiger partial charge is 0.356 e. The fraction of sp³-hybridized carbons (Fsp3) is 0.588. The van der Waals surface area contributed by atoms with Gasteiger partial charge in [-0.25, -0.2) is 0 Å². The van der Waals surface area contributed by atoms with Crippen LogP contribution in [0.5, 0.6) is 0 Å². The van der Waals surface area contributed by atoms with Crippen molar-refractivity contribution in [2.24, 2.45) is 5.92 Å². The molecule has 1 aromatic carbocycles. The number of amides is 1. The maximum Gasteiger partial charge on any atom is 0.223 e. The van der Waals surface area contributed by atoms with Crippen molar-refractivity contribution in [1.82, 2.24) is 10.2 Å². The summed E-state index contributed by atoms with van der Waals surface area (Å²) < 4.78 is 0. The van der Waals surface area contributed by atoms with Crippen LogP contribution in [0.1, 0.15) is 30.4 Å². The van der Waals surface area contributed by atoms with Crippen molar-refractivity contribution >= 4 is 5.91 Å². The first kappa shape index (κ1) is 15.0. The lowest BCUT2D eigenvalue weighted by Gasteiger charge is -2.28. The molecule has 0 bridgehead atoms. The maximum atomic E-state index is 12.0. The Morgan fingerprint density at radius 3 is 2.80 bits per heavy atom. The summed E-state index contributed by atoms with van der Waals surface area (Å²) >= 11 is 0. The fourth-order valence-electron chi connectivity index (χ4n) is 2.79. The minimum atomic E-state index is 0.227. The van der Waals surface area contributed by atoms with E-state index in [0.717, 1.165) is 45.3 Å². The number of carbonyl (C=O) groups excluding carboxylic acids is 1. The van der Waals surface area contributed by atoms with Gasteiger partial charge in [-0.2, -0.15) is 0 Å². The minimum Gasteiger partial charge on any atom is -0.356 e. The lowest BCUT2D eigenvalue weighted by Crippen LogP contribution is -2.39. The van der Waals surface area contributed by atoms with E-state index < -0.39 is 0 Å². The van der Waals surface area contributed by atoms with E-state index in [1.54, 1.807) is 0 Å². The van der Waals surface area contributed by atoms with Crippen LogP contribution in [0.2, 0.25) is 0 Å². The van der Waals surface area contributed by atoms with Crippen molar-refractivity contribution in [3.05, 3.63) is 35.4 Å². The molecule has 2 rings (SSSR count). The Kier molecular flexibility index (Phi) is 5.60. The Hall–Kier alpha value is -1.35. The normalized spacial score (nSPS) is 17.1. The van der Waals surface area contributed by atoms with Crippen molar-refractivity contribution in [3.8, 4) is 0 Å². The van der Waals surface area contributed by atoms with Crippen molar-refractivity contribution < 1.29 is 4.79 Å². The first-order valence-corrected chi connectivity index (χ1v) is 7.67. The molecule has 3 heteroatoms. The minimum absolute atomic E-state index is 0.227. The van der Waals surface area contributed by atoms with Gasteiger partial charge < -0.3 is 10.2 Å². The SMILES string of the molecule is Cc1cccc(CCCNC(=O)C2CCN(C)CC2)c1. The molecule has 1 aromatic rings. The number of nitrogens with one attached hydrogen (secondary N) is 1. The number of nitrogens with zero attached hydrogens (tertiary/aromatic N) is 1. The molecular weight excluding hydrogens is 248 g/mol. The van der Waals surface area contributed by atoms with E-state index in [-0.39, 0.29) is 11.8 Å². The molecule has 0 spiro atoms. The molecule has 1 amide bonds. The van der Waals surface area contributed by atoms with Gasteiger partial charge in [-0.15, -0.1) is 0 Å². The number of hydrogen-bond donors (Lipinski definition) is 1. The smallest absolute Gasteiger partial charge is 0.223 e. The second-order valence-corrected chi connectivity index (χ2v) is 5.96. The zero-order chi connectivity index (χ0) is 14.4. The number of piperidine rings is 1. The van der Waals surface area contributed by atoms with Crippen LogP contribution in [-0.2, 0) is 11.2 Å². The van der Waals surface area contributed by atoms with E-state index in [0.29, 0.717) is 0 Å². The second kappa shape index (κ2) is 7.44. The summed E-state index contributed by atoms with van der Waals surface area (Å²) in [6.45, 7) is 4.99. The molecule has 1 heterocycles. The van der Waals surface area contributed by atoms with Gasteiger partial charge in [0, 0.05) is 12.5 Å². The van der Waals surface area contributed by atoms with Gasteiger partial charge in [0.2, 0.25) is 5.91 Å². The molecule has 1 aliphatic heterocycles. The third-order valence-corrected chi connectivity index (χ3v) is 4.11. The molecular formula is C17H26N2O. The van der Waals surface area contributed by atoms with Gasteiger partial charge in [0.15, 0.2) is 0 Å². The highest BCUT2D eigenvalue weighted by molar-refractivity contribution is 5.78. The first-order valence-electron chi connectivity index (χ1n) is 7.67. The van der Waals surface area contributed by atoms with Crippen LogP contribution in [-0.4, -0.2) is 37.5 Å². The highest BCUT2D eigenvalue weighted by Gasteiger charge is 2.22. The van der Waals surface area contributed by atoms with Gasteiger partial charge in [-0.1, -0.05) is 29.8 Å². The van der Waals surface area contributed by atoms with Crippen molar-refractivity contribution in [2.45, 2.75) is 32.6 Å². The van der Waals surface area contributed by atoms with Gasteiger partial charge in [-0.3, -0.25) is 4.79 Å². The molecule has 0 saturated carbocycles. The van der Waals surface area contributed by atoms with Gasteiger partial charge in [0.25, 0.3) is 0 Å². The first-order chi connectivity index (χ1) is 9.65. The molecule has 110 valence electrons. The average Bonchev–Trinajstić information content (AvgIpc) is 2.44. The molecule has 20 heavy (non-hydrogen) atoms. The summed E-state index contributed by atoms with van der Waals surface area (Å²) in [6, 6.07) is 8.59. The van der Waals surface area contributed by atoms with E-state index in [1.807, 2.05) is 0 Å². The molecule has 0 aliphatic carbocycles. The molecule has 1 saturated heterocycles. The average molecular weight is 274 g/mol. The van der Waals surface area contributed by atoms with E-state index >= 15 is 0 Å². The van der Waals surface area contributed by atoms with Crippen LogP contribution in [0, 0.1) is 12.8 Å². The Bertz CT molecular complexity index is 436. The van der Waals surface area contributed by atoms with Crippen molar-refractivity contribution in [1.29, 1.82) is 0 Å². The number of carbonyl (C=O) groups is 1. The predicted octanol–water partition coefficient (Wildman–Crippen LogP) is 2.39. The molecule has 0 unspecified atom stereocenters. The molecule has 1 N–H and O–H groups in total. The molecule has 1 aliphatic rings. The van der Waals surface area contributed by atoms with Gasteiger partial charge in [0.1, 0.15) is 0 Å². The maximum absolute atomic E-state index is 12.0. The van der Waals surface area contributed by atoms with Crippen LogP contribution in [0.3, 0.4) is 0 Å². The zero-order valence-electron chi connectivity index (χ0n) is 12.7. The van der Waals surface area contributed by atoms with E-state index in [2.05, 4.69) is 48.5 Å². The monoisotopic (exact) mass is 274 g/mol. The lowest BCUT2D eigenvalue weighted by molar-refractivity contribution is -0.126. The van der Waals surface area contributed by atoms with Crippen LogP contribution < -0.4 is 5.32 Å². The van der Waals surface area contributed by atoms with Crippen LogP contribution >= 0.6 is 0 Å². The van der Waals surface area contributed by atoms with E-state index in [9.17, 15) is 4.79 Å². The van der Waals surface area contributed by atoms with Gasteiger partial charge in [-0.05, 0) is 58.3 Å². The number of rotatable bonds is 5. The summed E-state index contributed by atoms with van der Waals surface area (Å²) in [4.78, 5) is 14.3. The second-order valence-electron chi connectivity index (χ2n) is 5.96. The van der Waals surface area contributed by atoms with Crippen LogP contribution in [0.15, 0.2) is 24.3 Å². The predicted molar refractivity (Wildman–Crippen MR) is 82.7 cm³/mol. The topological polar surface area (TPSA) is 32.3 Å². The third kappa shape index (κ3) is 4.64. The Balaban J connectivity index is 1.64. The van der Waals surface area contributed by atoms with Gasteiger partial charge >= 0.3 is 0 Å². The summed E-state index contributed by atoms with van der Waals surface area (Å²) in [5, 5.41) is 3.09.